The van der Waals surface area contributed by atoms with Gasteiger partial charge in [0.25, 0.3) is 0 Å². The summed E-state index contributed by atoms with van der Waals surface area (Å²) in [5, 5.41) is 0. The van der Waals surface area contributed by atoms with Gasteiger partial charge in [-0.2, -0.15) is 0 Å². The maximum atomic E-state index is 5.31. The van der Waals surface area contributed by atoms with E-state index in [2.05, 4.69) is 37.3 Å². The number of ether oxygens (including phenoxy) is 2. The predicted octanol–water partition coefficient (Wildman–Crippen LogP) is 7.22. The van der Waals surface area contributed by atoms with Crippen LogP contribution in [0.1, 0.15) is 38.2 Å². The van der Waals surface area contributed by atoms with Crippen molar-refractivity contribution in [2.24, 2.45) is 0 Å². The molecule has 0 amide bonds. The molecule has 0 aliphatic heterocycles. The van der Waals surface area contributed by atoms with Crippen LogP contribution in [0.15, 0.2) is 54.6 Å². The molecule has 0 atom stereocenters. The second-order valence-corrected chi connectivity index (χ2v) is 7.78. The number of rotatable bonds is 9. The van der Waals surface area contributed by atoms with Crippen LogP contribution in [0.2, 0.25) is 0 Å². The molecule has 0 N–H and O–H groups in total. The maximum Gasteiger partial charge on any atom is 0.118 e. The van der Waals surface area contributed by atoms with Crippen LogP contribution in [0.5, 0.6) is 11.5 Å². The molecule has 0 aliphatic rings. The van der Waals surface area contributed by atoms with Crippen LogP contribution in [0.4, 0.5) is 0 Å². The molecular weight excluding hydrogens is 352 g/mol. The second kappa shape index (κ2) is 9.61. The van der Waals surface area contributed by atoms with Crippen molar-refractivity contribution < 1.29 is 9.47 Å². The lowest BCUT2D eigenvalue weighted by Crippen LogP contribution is -1.87. The van der Waals surface area contributed by atoms with Crippen molar-refractivity contribution in [3.8, 4) is 32.4 Å². The lowest BCUT2D eigenvalue weighted by atomic mass is 10.0. The minimum absolute atomic E-state index is 0.894. The topological polar surface area (TPSA) is 18.5 Å². The number of thiophene rings is 1. The van der Waals surface area contributed by atoms with Crippen LogP contribution in [0.3, 0.4) is 0 Å². The van der Waals surface area contributed by atoms with Crippen molar-refractivity contribution in [3.63, 3.8) is 0 Å². The third-order valence-electron chi connectivity index (χ3n) is 4.84. The van der Waals surface area contributed by atoms with Gasteiger partial charge in [-0.25, -0.2) is 0 Å². The van der Waals surface area contributed by atoms with Gasteiger partial charge in [0, 0.05) is 9.75 Å². The molecule has 142 valence electrons. The lowest BCUT2D eigenvalue weighted by Gasteiger charge is -2.05. The SMILES string of the molecule is CCCCCCc1cc(-c2ccc(OC)cc2)sc1-c1ccc(OC)cc1. The third kappa shape index (κ3) is 4.92. The molecule has 3 rings (SSSR count). The molecule has 0 aliphatic carbocycles. The van der Waals surface area contributed by atoms with E-state index in [1.807, 2.05) is 35.6 Å². The van der Waals surface area contributed by atoms with Gasteiger partial charge >= 0.3 is 0 Å². The standard InChI is InChI=1S/C24H28O2S/c1-4-5-6-7-8-20-17-23(18-9-13-21(25-2)14-10-18)27-24(20)19-11-15-22(26-3)16-12-19/h9-17H,4-8H2,1-3H3. The summed E-state index contributed by atoms with van der Waals surface area (Å²) in [6, 6.07) is 19.1. The van der Waals surface area contributed by atoms with Gasteiger partial charge in [0.2, 0.25) is 0 Å². The van der Waals surface area contributed by atoms with E-state index in [0.29, 0.717) is 0 Å². The zero-order valence-corrected chi connectivity index (χ0v) is 17.3. The summed E-state index contributed by atoms with van der Waals surface area (Å²) < 4.78 is 10.6. The van der Waals surface area contributed by atoms with Crippen molar-refractivity contribution in [3.05, 3.63) is 60.2 Å². The third-order valence-corrected chi connectivity index (χ3v) is 6.11. The largest absolute Gasteiger partial charge is 0.497 e. The zero-order valence-electron chi connectivity index (χ0n) is 16.5. The molecule has 1 heterocycles. The quantitative estimate of drug-likeness (QED) is 0.365. The summed E-state index contributed by atoms with van der Waals surface area (Å²) >= 11 is 1.87. The number of unbranched alkanes of at least 4 members (excludes halogenated alkanes) is 3. The number of hydrogen-bond donors (Lipinski definition) is 0. The van der Waals surface area contributed by atoms with Crippen molar-refractivity contribution in [1.29, 1.82) is 0 Å². The Hall–Kier alpha value is -2.26. The fourth-order valence-electron chi connectivity index (χ4n) is 3.24. The van der Waals surface area contributed by atoms with Crippen LogP contribution in [-0.4, -0.2) is 14.2 Å². The molecule has 0 saturated heterocycles. The van der Waals surface area contributed by atoms with Crippen molar-refractivity contribution >= 4 is 11.3 Å². The van der Waals surface area contributed by atoms with E-state index < -0.39 is 0 Å². The first kappa shape index (κ1) is 19.5. The Morgan fingerprint density at radius 1 is 0.741 bits per heavy atom. The summed E-state index contributed by atoms with van der Waals surface area (Å²) in [6.45, 7) is 2.26. The molecule has 0 bridgehead atoms. The fraction of sp³-hybridized carbons (Fsp3) is 0.333. The minimum atomic E-state index is 0.894. The highest BCUT2D eigenvalue weighted by Gasteiger charge is 2.13. The van der Waals surface area contributed by atoms with Gasteiger partial charge in [0.15, 0.2) is 0 Å². The molecule has 0 fully saturated rings. The summed E-state index contributed by atoms with van der Waals surface area (Å²) in [5.74, 6) is 1.79. The van der Waals surface area contributed by atoms with E-state index >= 15 is 0 Å². The van der Waals surface area contributed by atoms with Crippen LogP contribution in [0.25, 0.3) is 20.9 Å². The highest BCUT2D eigenvalue weighted by atomic mass is 32.1. The van der Waals surface area contributed by atoms with E-state index in [1.54, 1.807) is 14.2 Å². The fourth-order valence-corrected chi connectivity index (χ4v) is 4.46. The molecular formula is C24H28O2S. The highest BCUT2D eigenvalue weighted by Crippen LogP contribution is 2.39. The van der Waals surface area contributed by atoms with Crippen molar-refractivity contribution in [2.45, 2.75) is 39.0 Å². The summed E-state index contributed by atoms with van der Waals surface area (Å²) in [5.41, 5.74) is 3.97. The average Bonchev–Trinajstić information content (AvgIpc) is 3.15. The van der Waals surface area contributed by atoms with Gasteiger partial charge < -0.3 is 9.47 Å². The summed E-state index contributed by atoms with van der Waals surface area (Å²) in [6.07, 6.45) is 6.26. The molecule has 2 aromatic carbocycles. The minimum Gasteiger partial charge on any atom is -0.497 e. The van der Waals surface area contributed by atoms with Gasteiger partial charge in [-0.05, 0) is 84.1 Å². The molecule has 0 saturated carbocycles. The first-order chi connectivity index (χ1) is 13.2. The Kier molecular flexibility index (Phi) is 6.94. The van der Waals surface area contributed by atoms with E-state index in [4.69, 9.17) is 9.47 Å². The summed E-state index contributed by atoms with van der Waals surface area (Å²) in [4.78, 5) is 2.69. The first-order valence-electron chi connectivity index (χ1n) is 9.66. The monoisotopic (exact) mass is 380 g/mol. The Morgan fingerprint density at radius 3 is 1.89 bits per heavy atom. The van der Waals surface area contributed by atoms with Crippen molar-refractivity contribution in [2.75, 3.05) is 14.2 Å². The Morgan fingerprint density at radius 2 is 1.33 bits per heavy atom. The molecule has 3 aromatic rings. The van der Waals surface area contributed by atoms with Gasteiger partial charge in [-0.3, -0.25) is 0 Å². The Balaban J connectivity index is 1.91. The maximum absolute atomic E-state index is 5.31. The van der Waals surface area contributed by atoms with Crippen LogP contribution >= 0.6 is 11.3 Å². The van der Waals surface area contributed by atoms with Gasteiger partial charge in [0.1, 0.15) is 11.5 Å². The number of hydrogen-bond acceptors (Lipinski definition) is 3. The van der Waals surface area contributed by atoms with Gasteiger partial charge in [-0.15, -0.1) is 11.3 Å². The molecule has 3 heteroatoms. The lowest BCUT2D eigenvalue weighted by molar-refractivity contribution is 0.415. The molecule has 27 heavy (non-hydrogen) atoms. The molecule has 0 unspecified atom stereocenters. The first-order valence-corrected chi connectivity index (χ1v) is 10.5. The average molecular weight is 381 g/mol. The van der Waals surface area contributed by atoms with Gasteiger partial charge in [-0.1, -0.05) is 26.2 Å². The Bertz CT molecular complexity index is 832. The summed E-state index contributed by atoms with van der Waals surface area (Å²) in [7, 11) is 3.41. The van der Waals surface area contributed by atoms with Crippen LogP contribution in [-0.2, 0) is 6.42 Å². The smallest absolute Gasteiger partial charge is 0.118 e. The van der Waals surface area contributed by atoms with Crippen LogP contribution in [0, 0.1) is 0 Å². The zero-order chi connectivity index (χ0) is 19.1. The van der Waals surface area contributed by atoms with Crippen LogP contribution < -0.4 is 9.47 Å². The normalized spacial score (nSPS) is 10.8. The predicted molar refractivity (Wildman–Crippen MR) is 116 cm³/mol. The second-order valence-electron chi connectivity index (χ2n) is 6.73. The van der Waals surface area contributed by atoms with E-state index in [1.165, 1.54) is 52.1 Å². The van der Waals surface area contributed by atoms with Crippen molar-refractivity contribution in [1.82, 2.24) is 0 Å². The van der Waals surface area contributed by atoms with E-state index in [-0.39, 0.29) is 0 Å². The Labute approximate surface area is 166 Å². The van der Waals surface area contributed by atoms with E-state index in [9.17, 15) is 0 Å². The molecule has 0 radical (unpaired) electrons. The van der Waals surface area contributed by atoms with Gasteiger partial charge in [0.05, 0.1) is 14.2 Å². The molecule has 2 nitrogen and oxygen atoms in total. The number of methoxy groups -OCH3 is 2. The number of benzene rings is 2. The molecule has 1 aromatic heterocycles. The van der Waals surface area contributed by atoms with E-state index in [0.717, 1.165) is 17.9 Å². The number of aryl methyl sites for hydroxylation is 1. The highest BCUT2D eigenvalue weighted by molar-refractivity contribution is 7.19. The molecule has 0 spiro atoms.